The number of aryl methyl sites for hydroxylation is 1. The van der Waals surface area contributed by atoms with E-state index in [9.17, 15) is 4.79 Å². The molecule has 0 unspecified atom stereocenters. The summed E-state index contributed by atoms with van der Waals surface area (Å²) in [6.07, 6.45) is 7.25. The Labute approximate surface area is 114 Å². The number of carbonyl (C=O) groups excluding carboxylic acids is 1. The van der Waals surface area contributed by atoms with Gasteiger partial charge in [-0.25, -0.2) is 4.98 Å². The summed E-state index contributed by atoms with van der Waals surface area (Å²) in [6, 6.07) is 5.76. The topological polar surface area (TPSA) is 34.9 Å². The highest BCUT2D eigenvalue weighted by atomic mass is 79.9. The molecule has 0 aliphatic heterocycles. The number of hydrogen-bond donors (Lipinski definition) is 0. The van der Waals surface area contributed by atoms with Crippen molar-refractivity contribution in [3.8, 4) is 5.69 Å². The Morgan fingerprint density at radius 2 is 2.11 bits per heavy atom. The van der Waals surface area contributed by atoms with Crippen molar-refractivity contribution in [3.63, 3.8) is 0 Å². The standard InChI is InChI=1S/C14H13BrN2O/c15-11-5-6-13(10(7-11)8-18)17-9-16-12-3-1-2-4-14(12)17/h5-9H,1-4H2. The van der Waals surface area contributed by atoms with Gasteiger partial charge in [-0.3, -0.25) is 4.79 Å². The maximum atomic E-state index is 11.2. The summed E-state index contributed by atoms with van der Waals surface area (Å²) in [7, 11) is 0. The Bertz CT molecular complexity index is 604. The zero-order valence-corrected chi connectivity index (χ0v) is 11.5. The van der Waals surface area contributed by atoms with Gasteiger partial charge in [0.1, 0.15) is 0 Å². The van der Waals surface area contributed by atoms with E-state index < -0.39 is 0 Å². The second kappa shape index (κ2) is 4.69. The van der Waals surface area contributed by atoms with Crippen LogP contribution in [0.15, 0.2) is 29.0 Å². The lowest BCUT2D eigenvalue weighted by atomic mass is 10.0. The number of imidazole rings is 1. The Morgan fingerprint density at radius 3 is 2.94 bits per heavy atom. The highest BCUT2D eigenvalue weighted by molar-refractivity contribution is 9.10. The summed E-state index contributed by atoms with van der Waals surface area (Å²) in [6.45, 7) is 0. The normalized spacial score (nSPS) is 14.3. The molecule has 92 valence electrons. The first-order chi connectivity index (χ1) is 8.79. The van der Waals surface area contributed by atoms with Gasteiger partial charge >= 0.3 is 0 Å². The van der Waals surface area contributed by atoms with Crippen LogP contribution in [0.4, 0.5) is 0 Å². The number of benzene rings is 1. The van der Waals surface area contributed by atoms with Crippen LogP contribution in [0.5, 0.6) is 0 Å². The first-order valence-electron chi connectivity index (χ1n) is 6.10. The average Bonchev–Trinajstić information content (AvgIpc) is 2.82. The molecular weight excluding hydrogens is 292 g/mol. The van der Waals surface area contributed by atoms with Gasteiger partial charge in [0, 0.05) is 15.7 Å². The van der Waals surface area contributed by atoms with Crippen LogP contribution in [-0.2, 0) is 12.8 Å². The maximum absolute atomic E-state index is 11.2. The molecule has 2 aromatic rings. The summed E-state index contributed by atoms with van der Waals surface area (Å²) < 4.78 is 2.98. The minimum Gasteiger partial charge on any atom is -0.302 e. The van der Waals surface area contributed by atoms with E-state index in [1.54, 1.807) is 0 Å². The summed E-state index contributed by atoms with van der Waals surface area (Å²) >= 11 is 3.39. The number of aromatic nitrogens is 2. The quantitative estimate of drug-likeness (QED) is 0.798. The molecule has 1 heterocycles. The Morgan fingerprint density at radius 1 is 1.28 bits per heavy atom. The van der Waals surface area contributed by atoms with Crippen molar-refractivity contribution >= 4 is 22.2 Å². The fourth-order valence-corrected chi connectivity index (χ4v) is 2.89. The molecule has 0 radical (unpaired) electrons. The molecule has 0 N–H and O–H groups in total. The van der Waals surface area contributed by atoms with Gasteiger partial charge in [0.2, 0.25) is 0 Å². The second-order valence-corrected chi connectivity index (χ2v) is 5.45. The fraction of sp³-hybridized carbons (Fsp3) is 0.286. The van der Waals surface area contributed by atoms with E-state index in [0.29, 0.717) is 5.56 Å². The lowest BCUT2D eigenvalue weighted by molar-refractivity contribution is 0.112. The minimum atomic E-state index is 0.690. The summed E-state index contributed by atoms with van der Waals surface area (Å²) in [5.41, 5.74) is 4.05. The van der Waals surface area contributed by atoms with E-state index >= 15 is 0 Å². The van der Waals surface area contributed by atoms with E-state index in [1.807, 2.05) is 24.5 Å². The van der Waals surface area contributed by atoms with Crippen molar-refractivity contribution in [1.29, 1.82) is 0 Å². The average molecular weight is 305 g/mol. The summed E-state index contributed by atoms with van der Waals surface area (Å²) in [5, 5.41) is 0. The number of fused-ring (bicyclic) bond motifs is 1. The largest absolute Gasteiger partial charge is 0.302 e. The van der Waals surface area contributed by atoms with Crippen molar-refractivity contribution < 1.29 is 4.79 Å². The molecule has 3 rings (SSSR count). The molecule has 0 fully saturated rings. The molecule has 1 aromatic heterocycles. The molecule has 1 aromatic carbocycles. The Balaban J connectivity index is 2.15. The maximum Gasteiger partial charge on any atom is 0.152 e. The third-order valence-corrected chi connectivity index (χ3v) is 3.90. The van der Waals surface area contributed by atoms with Crippen LogP contribution in [0, 0.1) is 0 Å². The molecule has 4 heteroatoms. The predicted molar refractivity (Wildman–Crippen MR) is 73.3 cm³/mol. The van der Waals surface area contributed by atoms with Crippen molar-refractivity contribution in [1.82, 2.24) is 9.55 Å². The van der Waals surface area contributed by atoms with Gasteiger partial charge in [0.25, 0.3) is 0 Å². The monoisotopic (exact) mass is 304 g/mol. The zero-order chi connectivity index (χ0) is 12.5. The van der Waals surface area contributed by atoms with Gasteiger partial charge in [-0.2, -0.15) is 0 Å². The highest BCUT2D eigenvalue weighted by Crippen LogP contribution is 2.25. The number of rotatable bonds is 2. The molecule has 0 spiro atoms. The number of aldehydes is 1. The van der Waals surface area contributed by atoms with Crippen LogP contribution in [0.25, 0.3) is 5.69 Å². The zero-order valence-electron chi connectivity index (χ0n) is 9.90. The molecule has 1 aliphatic rings. The SMILES string of the molecule is O=Cc1cc(Br)ccc1-n1cnc2c1CCCC2. The number of nitrogens with zero attached hydrogens (tertiary/aromatic N) is 2. The van der Waals surface area contributed by atoms with E-state index in [4.69, 9.17) is 0 Å². The van der Waals surface area contributed by atoms with Crippen LogP contribution < -0.4 is 0 Å². The molecule has 0 bridgehead atoms. The van der Waals surface area contributed by atoms with Crippen LogP contribution in [0.3, 0.4) is 0 Å². The van der Waals surface area contributed by atoms with Crippen LogP contribution in [-0.4, -0.2) is 15.8 Å². The van der Waals surface area contributed by atoms with Gasteiger partial charge in [-0.05, 0) is 43.9 Å². The molecule has 18 heavy (non-hydrogen) atoms. The number of carbonyl (C=O) groups is 1. The molecule has 3 nitrogen and oxygen atoms in total. The highest BCUT2D eigenvalue weighted by Gasteiger charge is 2.17. The van der Waals surface area contributed by atoms with Crippen LogP contribution in [0.2, 0.25) is 0 Å². The van der Waals surface area contributed by atoms with Gasteiger partial charge in [-0.1, -0.05) is 15.9 Å². The number of hydrogen-bond acceptors (Lipinski definition) is 2. The first-order valence-corrected chi connectivity index (χ1v) is 6.89. The Kier molecular flexibility index (Phi) is 3.04. The van der Waals surface area contributed by atoms with Gasteiger partial charge in [-0.15, -0.1) is 0 Å². The van der Waals surface area contributed by atoms with E-state index in [-0.39, 0.29) is 0 Å². The third kappa shape index (κ3) is 1.90. The lowest BCUT2D eigenvalue weighted by Crippen LogP contribution is -2.08. The first kappa shape index (κ1) is 11.7. The lowest BCUT2D eigenvalue weighted by Gasteiger charge is -2.15. The van der Waals surface area contributed by atoms with Crippen molar-refractivity contribution in [2.75, 3.05) is 0 Å². The molecule has 0 amide bonds. The number of halogens is 1. The molecule has 0 saturated carbocycles. The van der Waals surface area contributed by atoms with Crippen LogP contribution in [0.1, 0.15) is 34.6 Å². The summed E-state index contributed by atoms with van der Waals surface area (Å²) in [4.78, 5) is 15.7. The minimum absolute atomic E-state index is 0.690. The van der Waals surface area contributed by atoms with E-state index in [1.165, 1.54) is 24.2 Å². The van der Waals surface area contributed by atoms with E-state index in [2.05, 4.69) is 25.5 Å². The van der Waals surface area contributed by atoms with Crippen molar-refractivity contribution in [2.24, 2.45) is 0 Å². The van der Waals surface area contributed by atoms with Crippen molar-refractivity contribution in [2.45, 2.75) is 25.7 Å². The van der Waals surface area contributed by atoms with E-state index in [0.717, 1.165) is 29.3 Å². The van der Waals surface area contributed by atoms with Crippen LogP contribution >= 0.6 is 15.9 Å². The molecule has 1 aliphatic carbocycles. The summed E-state index contributed by atoms with van der Waals surface area (Å²) in [5.74, 6) is 0. The second-order valence-electron chi connectivity index (χ2n) is 4.54. The Hall–Kier alpha value is -1.42. The van der Waals surface area contributed by atoms with Gasteiger partial charge in [0.15, 0.2) is 6.29 Å². The fourth-order valence-electron chi connectivity index (χ4n) is 2.52. The molecular formula is C14H13BrN2O. The van der Waals surface area contributed by atoms with Crippen molar-refractivity contribution in [3.05, 3.63) is 46.0 Å². The third-order valence-electron chi connectivity index (χ3n) is 3.41. The molecule has 0 atom stereocenters. The van der Waals surface area contributed by atoms with Gasteiger partial charge in [0.05, 0.1) is 17.7 Å². The smallest absolute Gasteiger partial charge is 0.152 e. The predicted octanol–water partition coefficient (Wildman–Crippen LogP) is 3.33. The molecule has 0 saturated heterocycles. The van der Waals surface area contributed by atoms with Gasteiger partial charge < -0.3 is 4.57 Å².